The predicted molar refractivity (Wildman–Crippen MR) is 67.3 cm³/mol. The molecule has 0 aromatic carbocycles. The first-order valence-electron chi connectivity index (χ1n) is 6.71. The molecule has 1 aliphatic rings. The van der Waals surface area contributed by atoms with Crippen LogP contribution >= 0.6 is 0 Å². The Morgan fingerprint density at radius 1 is 1.33 bits per heavy atom. The van der Waals surface area contributed by atoms with Crippen LogP contribution in [0.5, 0.6) is 0 Å². The van der Waals surface area contributed by atoms with Gasteiger partial charge in [0.1, 0.15) is 0 Å². The molecular formula is C13H28N2. The van der Waals surface area contributed by atoms with Crippen molar-refractivity contribution in [2.24, 2.45) is 0 Å². The molecule has 1 heterocycles. The maximum Gasteiger partial charge on any atom is 0.0195 e. The molecule has 2 nitrogen and oxygen atoms in total. The van der Waals surface area contributed by atoms with Crippen LogP contribution in [0.15, 0.2) is 0 Å². The summed E-state index contributed by atoms with van der Waals surface area (Å²) in [6.45, 7) is 10.7. The summed E-state index contributed by atoms with van der Waals surface area (Å²) >= 11 is 0. The first-order chi connectivity index (χ1) is 7.24. The van der Waals surface area contributed by atoms with E-state index in [1.807, 2.05) is 0 Å². The van der Waals surface area contributed by atoms with Gasteiger partial charge in [0, 0.05) is 18.6 Å². The van der Waals surface area contributed by atoms with Crippen molar-refractivity contribution in [1.29, 1.82) is 0 Å². The molecule has 2 heteroatoms. The molecule has 0 aromatic heterocycles. The highest BCUT2D eigenvalue weighted by Gasteiger charge is 2.18. The molecule has 0 bridgehead atoms. The van der Waals surface area contributed by atoms with Crippen LogP contribution < -0.4 is 5.32 Å². The molecule has 0 aromatic rings. The lowest BCUT2D eigenvalue weighted by molar-refractivity contribution is 0.198. The van der Waals surface area contributed by atoms with Gasteiger partial charge in [0.05, 0.1) is 0 Å². The van der Waals surface area contributed by atoms with Gasteiger partial charge in [-0.05, 0) is 46.2 Å². The number of unbranched alkanes of at least 4 members (excludes halogenated alkanes) is 2. The second kappa shape index (κ2) is 7.24. The summed E-state index contributed by atoms with van der Waals surface area (Å²) in [5.41, 5.74) is 0. The molecule has 1 N–H and O–H groups in total. The number of rotatable bonds is 7. The molecule has 0 spiro atoms. The SMILES string of the molecule is CCCCCN(CC1CCCN1)C(C)C. The molecular weight excluding hydrogens is 184 g/mol. The summed E-state index contributed by atoms with van der Waals surface area (Å²) in [6.07, 6.45) is 6.80. The second-order valence-corrected chi connectivity index (χ2v) is 5.09. The second-order valence-electron chi connectivity index (χ2n) is 5.09. The van der Waals surface area contributed by atoms with Crippen LogP contribution in [-0.2, 0) is 0 Å². The van der Waals surface area contributed by atoms with Crippen molar-refractivity contribution in [2.45, 2.75) is 65.0 Å². The van der Waals surface area contributed by atoms with Crippen LogP contribution in [0.3, 0.4) is 0 Å². The molecule has 1 fully saturated rings. The Balaban J connectivity index is 2.22. The Morgan fingerprint density at radius 3 is 2.67 bits per heavy atom. The molecule has 0 saturated carbocycles. The van der Waals surface area contributed by atoms with Crippen LogP contribution in [0, 0.1) is 0 Å². The lowest BCUT2D eigenvalue weighted by Gasteiger charge is -2.29. The van der Waals surface area contributed by atoms with E-state index in [4.69, 9.17) is 0 Å². The zero-order chi connectivity index (χ0) is 11.1. The van der Waals surface area contributed by atoms with Gasteiger partial charge in [-0.3, -0.25) is 4.90 Å². The average Bonchev–Trinajstić information content (AvgIpc) is 2.69. The van der Waals surface area contributed by atoms with E-state index in [0.29, 0.717) is 6.04 Å². The Bertz CT molecular complexity index is 151. The summed E-state index contributed by atoms with van der Waals surface area (Å²) in [5, 5.41) is 3.59. The molecule has 15 heavy (non-hydrogen) atoms. The fourth-order valence-corrected chi connectivity index (χ4v) is 2.32. The van der Waals surface area contributed by atoms with Crippen molar-refractivity contribution in [3.05, 3.63) is 0 Å². The van der Waals surface area contributed by atoms with Crippen molar-refractivity contribution < 1.29 is 0 Å². The van der Waals surface area contributed by atoms with Gasteiger partial charge in [-0.15, -0.1) is 0 Å². The number of nitrogens with zero attached hydrogens (tertiary/aromatic N) is 1. The zero-order valence-electron chi connectivity index (χ0n) is 10.8. The van der Waals surface area contributed by atoms with Gasteiger partial charge in [0.2, 0.25) is 0 Å². The van der Waals surface area contributed by atoms with E-state index >= 15 is 0 Å². The third-order valence-electron chi connectivity index (χ3n) is 3.40. The smallest absolute Gasteiger partial charge is 0.0195 e. The van der Waals surface area contributed by atoms with Crippen molar-refractivity contribution in [2.75, 3.05) is 19.6 Å². The van der Waals surface area contributed by atoms with Crippen molar-refractivity contribution in [3.63, 3.8) is 0 Å². The fourth-order valence-electron chi connectivity index (χ4n) is 2.32. The minimum absolute atomic E-state index is 0.698. The molecule has 1 unspecified atom stereocenters. The Morgan fingerprint density at radius 2 is 2.13 bits per heavy atom. The van der Waals surface area contributed by atoms with Gasteiger partial charge < -0.3 is 5.32 Å². The quantitative estimate of drug-likeness (QED) is 0.653. The van der Waals surface area contributed by atoms with E-state index in [9.17, 15) is 0 Å². The molecule has 1 rings (SSSR count). The van der Waals surface area contributed by atoms with Crippen molar-refractivity contribution in [1.82, 2.24) is 10.2 Å². The number of hydrogen-bond acceptors (Lipinski definition) is 2. The maximum atomic E-state index is 3.59. The summed E-state index contributed by atoms with van der Waals surface area (Å²) in [5.74, 6) is 0. The van der Waals surface area contributed by atoms with Gasteiger partial charge in [-0.25, -0.2) is 0 Å². The molecule has 0 aliphatic carbocycles. The molecule has 1 aliphatic heterocycles. The minimum Gasteiger partial charge on any atom is -0.313 e. The predicted octanol–water partition coefficient (Wildman–Crippen LogP) is 2.64. The van der Waals surface area contributed by atoms with E-state index in [1.165, 1.54) is 51.7 Å². The van der Waals surface area contributed by atoms with Gasteiger partial charge in [0.25, 0.3) is 0 Å². The third-order valence-corrected chi connectivity index (χ3v) is 3.40. The van der Waals surface area contributed by atoms with Gasteiger partial charge in [-0.1, -0.05) is 19.8 Å². The fraction of sp³-hybridized carbons (Fsp3) is 1.00. The third kappa shape index (κ3) is 4.98. The van der Waals surface area contributed by atoms with Gasteiger partial charge in [0.15, 0.2) is 0 Å². The van der Waals surface area contributed by atoms with Crippen molar-refractivity contribution in [3.8, 4) is 0 Å². The van der Waals surface area contributed by atoms with E-state index in [0.717, 1.165) is 6.04 Å². The zero-order valence-corrected chi connectivity index (χ0v) is 10.8. The molecule has 90 valence electrons. The molecule has 0 radical (unpaired) electrons. The topological polar surface area (TPSA) is 15.3 Å². The maximum absolute atomic E-state index is 3.59. The summed E-state index contributed by atoms with van der Waals surface area (Å²) in [6, 6.07) is 1.46. The lowest BCUT2D eigenvalue weighted by atomic mass is 10.1. The Kier molecular flexibility index (Phi) is 6.26. The Labute approximate surface area is 95.4 Å². The Hall–Kier alpha value is -0.0800. The first kappa shape index (κ1) is 13.0. The largest absolute Gasteiger partial charge is 0.313 e. The molecule has 1 saturated heterocycles. The van der Waals surface area contributed by atoms with Crippen molar-refractivity contribution >= 4 is 0 Å². The van der Waals surface area contributed by atoms with Crippen LogP contribution in [0.25, 0.3) is 0 Å². The van der Waals surface area contributed by atoms with Gasteiger partial charge in [-0.2, -0.15) is 0 Å². The molecule has 1 atom stereocenters. The number of nitrogens with one attached hydrogen (secondary N) is 1. The van der Waals surface area contributed by atoms with Crippen LogP contribution in [0.2, 0.25) is 0 Å². The van der Waals surface area contributed by atoms with E-state index in [-0.39, 0.29) is 0 Å². The van der Waals surface area contributed by atoms with Crippen LogP contribution in [0.4, 0.5) is 0 Å². The van der Waals surface area contributed by atoms with E-state index < -0.39 is 0 Å². The average molecular weight is 212 g/mol. The summed E-state index contributed by atoms with van der Waals surface area (Å²) in [7, 11) is 0. The number of hydrogen-bond donors (Lipinski definition) is 1. The van der Waals surface area contributed by atoms with Crippen LogP contribution in [-0.4, -0.2) is 36.6 Å². The summed E-state index contributed by atoms with van der Waals surface area (Å²) in [4.78, 5) is 2.64. The normalized spacial score (nSPS) is 21.8. The van der Waals surface area contributed by atoms with E-state index in [2.05, 4.69) is 31.0 Å². The molecule has 0 amide bonds. The van der Waals surface area contributed by atoms with Crippen LogP contribution in [0.1, 0.15) is 52.9 Å². The highest BCUT2D eigenvalue weighted by molar-refractivity contribution is 4.79. The standard InChI is InChI=1S/C13H28N2/c1-4-5-6-10-15(12(2)3)11-13-8-7-9-14-13/h12-14H,4-11H2,1-3H3. The highest BCUT2D eigenvalue weighted by Crippen LogP contribution is 2.10. The lowest BCUT2D eigenvalue weighted by Crippen LogP contribution is -2.41. The first-order valence-corrected chi connectivity index (χ1v) is 6.71. The monoisotopic (exact) mass is 212 g/mol. The summed E-state index contributed by atoms with van der Waals surface area (Å²) < 4.78 is 0. The van der Waals surface area contributed by atoms with E-state index in [1.54, 1.807) is 0 Å². The minimum atomic E-state index is 0.698. The van der Waals surface area contributed by atoms with Gasteiger partial charge >= 0.3 is 0 Å². The highest BCUT2D eigenvalue weighted by atomic mass is 15.2.